The summed E-state index contributed by atoms with van der Waals surface area (Å²) in [5, 5.41) is 11.8. The van der Waals surface area contributed by atoms with Gasteiger partial charge in [0.25, 0.3) is 0 Å². The van der Waals surface area contributed by atoms with Gasteiger partial charge < -0.3 is 5.11 Å². The molecule has 0 bridgehead atoms. The third kappa shape index (κ3) is 2.65. The summed E-state index contributed by atoms with van der Waals surface area (Å²) in [7, 11) is 0. The predicted octanol–water partition coefficient (Wildman–Crippen LogP) is 5.04. The van der Waals surface area contributed by atoms with E-state index in [1.807, 2.05) is 13.0 Å². The van der Waals surface area contributed by atoms with Gasteiger partial charge in [0.05, 0.1) is 10.0 Å². The molecule has 0 saturated carbocycles. The third-order valence-corrected chi connectivity index (χ3v) is 4.03. The van der Waals surface area contributed by atoms with Crippen LogP contribution in [0.4, 0.5) is 0 Å². The maximum absolute atomic E-state index is 10.3. The van der Waals surface area contributed by atoms with Crippen LogP contribution in [0.3, 0.4) is 0 Å². The molecule has 0 fully saturated rings. The van der Waals surface area contributed by atoms with Crippen LogP contribution in [0.5, 0.6) is 0 Å². The van der Waals surface area contributed by atoms with E-state index in [0.717, 1.165) is 11.1 Å². The molecule has 0 aliphatic carbocycles. The highest BCUT2D eigenvalue weighted by molar-refractivity contribution is 6.42. The number of halogens is 3. The Balaban J connectivity index is 2.44. The van der Waals surface area contributed by atoms with Gasteiger partial charge in [0, 0.05) is 10.6 Å². The third-order valence-electron chi connectivity index (χ3n) is 2.77. The smallest absolute Gasteiger partial charge is 0.106 e. The number of rotatable bonds is 2. The summed E-state index contributed by atoms with van der Waals surface area (Å²) in [5.41, 5.74) is 2.23. The molecule has 0 heterocycles. The van der Waals surface area contributed by atoms with Crippen molar-refractivity contribution in [1.82, 2.24) is 0 Å². The second-order valence-electron chi connectivity index (χ2n) is 4.05. The van der Waals surface area contributed by atoms with Crippen molar-refractivity contribution in [2.45, 2.75) is 13.0 Å². The van der Waals surface area contributed by atoms with Gasteiger partial charge >= 0.3 is 0 Å². The summed E-state index contributed by atoms with van der Waals surface area (Å²) in [5.74, 6) is 0. The van der Waals surface area contributed by atoms with Gasteiger partial charge in [0.2, 0.25) is 0 Å². The highest BCUT2D eigenvalue weighted by Gasteiger charge is 2.16. The fraction of sp³-hybridized carbons (Fsp3) is 0.143. The second kappa shape index (κ2) is 5.50. The minimum atomic E-state index is -0.813. The number of aryl methyl sites for hydroxylation is 1. The van der Waals surface area contributed by atoms with Crippen LogP contribution in [-0.4, -0.2) is 5.11 Å². The van der Waals surface area contributed by atoms with Crippen LogP contribution >= 0.6 is 34.8 Å². The molecule has 2 aromatic rings. The van der Waals surface area contributed by atoms with Crippen molar-refractivity contribution in [2.24, 2.45) is 0 Å². The molecular formula is C14H11Cl3O. The van der Waals surface area contributed by atoms with Crippen LogP contribution < -0.4 is 0 Å². The molecule has 0 aliphatic heterocycles. The average Bonchev–Trinajstić information content (AvgIpc) is 2.35. The van der Waals surface area contributed by atoms with E-state index in [1.165, 1.54) is 0 Å². The first-order valence-corrected chi connectivity index (χ1v) is 6.52. The molecule has 0 saturated heterocycles. The molecule has 4 heteroatoms. The number of benzene rings is 2. The molecule has 0 aliphatic rings. The van der Waals surface area contributed by atoms with E-state index in [4.69, 9.17) is 34.8 Å². The lowest BCUT2D eigenvalue weighted by atomic mass is 10.00. The Labute approximate surface area is 121 Å². The minimum Gasteiger partial charge on any atom is -0.384 e. The quantitative estimate of drug-likeness (QED) is 0.824. The van der Waals surface area contributed by atoms with Crippen LogP contribution in [0, 0.1) is 6.92 Å². The van der Waals surface area contributed by atoms with Gasteiger partial charge in [-0.25, -0.2) is 0 Å². The van der Waals surface area contributed by atoms with Crippen LogP contribution in [-0.2, 0) is 0 Å². The summed E-state index contributed by atoms with van der Waals surface area (Å²) in [6, 6.07) is 10.6. The molecule has 1 nitrogen and oxygen atoms in total. The van der Waals surface area contributed by atoms with Gasteiger partial charge in [0.15, 0.2) is 0 Å². The largest absolute Gasteiger partial charge is 0.384 e. The van der Waals surface area contributed by atoms with Gasteiger partial charge in [-0.1, -0.05) is 59.1 Å². The van der Waals surface area contributed by atoms with E-state index >= 15 is 0 Å². The van der Waals surface area contributed by atoms with E-state index in [0.29, 0.717) is 20.6 Å². The molecule has 1 atom stereocenters. The molecule has 0 radical (unpaired) electrons. The van der Waals surface area contributed by atoms with Crippen LogP contribution in [0.1, 0.15) is 22.8 Å². The molecule has 2 rings (SSSR count). The summed E-state index contributed by atoms with van der Waals surface area (Å²) in [6.45, 7) is 1.89. The van der Waals surface area contributed by atoms with Crippen LogP contribution in [0.25, 0.3) is 0 Å². The lowest BCUT2D eigenvalue weighted by Gasteiger charge is -2.14. The number of hydrogen-bond donors (Lipinski definition) is 1. The van der Waals surface area contributed by atoms with E-state index in [1.54, 1.807) is 30.3 Å². The first kappa shape index (κ1) is 13.7. The summed E-state index contributed by atoms with van der Waals surface area (Å²) in [6.07, 6.45) is -0.813. The topological polar surface area (TPSA) is 20.2 Å². The zero-order chi connectivity index (χ0) is 13.3. The lowest BCUT2D eigenvalue weighted by molar-refractivity contribution is 0.220. The summed E-state index contributed by atoms with van der Waals surface area (Å²) >= 11 is 18.0. The van der Waals surface area contributed by atoms with Crippen molar-refractivity contribution in [3.63, 3.8) is 0 Å². The Morgan fingerprint density at radius 3 is 2.39 bits per heavy atom. The Kier molecular flexibility index (Phi) is 4.18. The van der Waals surface area contributed by atoms with E-state index in [9.17, 15) is 5.11 Å². The highest BCUT2D eigenvalue weighted by Crippen LogP contribution is 2.33. The molecular weight excluding hydrogens is 291 g/mol. The van der Waals surface area contributed by atoms with Crippen molar-refractivity contribution < 1.29 is 5.11 Å². The fourth-order valence-electron chi connectivity index (χ4n) is 1.75. The highest BCUT2D eigenvalue weighted by atomic mass is 35.5. The number of hydrogen-bond acceptors (Lipinski definition) is 1. The minimum absolute atomic E-state index is 0.374. The average molecular weight is 302 g/mol. The van der Waals surface area contributed by atoms with E-state index in [-0.39, 0.29) is 0 Å². The van der Waals surface area contributed by atoms with Gasteiger partial charge in [0.1, 0.15) is 6.10 Å². The van der Waals surface area contributed by atoms with Crippen molar-refractivity contribution in [2.75, 3.05) is 0 Å². The molecule has 2 aromatic carbocycles. The predicted molar refractivity (Wildman–Crippen MR) is 76.7 cm³/mol. The molecule has 0 aromatic heterocycles. The van der Waals surface area contributed by atoms with Crippen molar-refractivity contribution in [3.05, 3.63) is 68.2 Å². The molecule has 1 unspecified atom stereocenters. The maximum Gasteiger partial charge on any atom is 0.106 e. The summed E-state index contributed by atoms with van der Waals surface area (Å²) in [4.78, 5) is 0. The molecule has 94 valence electrons. The lowest BCUT2D eigenvalue weighted by Crippen LogP contribution is -2.01. The Morgan fingerprint density at radius 1 is 1.00 bits per heavy atom. The first-order valence-electron chi connectivity index (χ1n) is 5.38. The summed E-state index contributed by atoms with van der Waals surface area (Å²) < 4.78 is 0. The second-order valence-corrected chi connectivity index (χ2v) is 5.25. The zero-order valence-electron chi connectivity index (χ0n) is 9.62. The normalized spacial score (nSPS) is 12.5. The zero-order valence-corrected chi connectivity index (χ0v) is 11.9. The van der Waals surface area contributed by atoms with E-state index in [2.05, 4.69) is 0 Å². The monoisotopic (exact) mass is 300 g/mol. The maximum atomic E-state index is 10.3. The molecule has 0 amide bonds. The Bertz CT molecular complexity index is 581. The van der Waals surface area contributed by atoms with Crippen LogP contribution in [0.15, 0.2) is 36.4 Å². The van der Waals surface area contributed by atoms with Gasteiger partial charge in [-0.2, -0.15) is 0 Å². The van der Waals surface area contributed by atoms with Crippen molar-refractivity contribution in [3.8, 4) is 0 Å². The van der Waals surface area contributed by atoms with E-state index < -0.39 is 6.10 Å². The SMILES string of the molecule is Cc1cc(C(O)c2cccc(Cl)c2Cl)ccc1Cl. The molecule has 1 N–H and O–H groups in total. The van der Waals surface area contributed by atoms with Gasteiger partial charge in [-0.05, 0) is 30.2 Å². The van der Waals surface area contributed by atoms with Gasteiger partial charge in [-0.3, -0.25) is 0 Å². The van der Waals surface area contributed by atoms with Gasteiger partial charge in [-0.15, -0.1) is 0 Å². The van der Waals surface area contributed by atoms with Crippen LogP contribution in [0.2, 0.25) is 15.1 Å². The standard InChI is InChI=1S/C14H11Cl3O/c1-8-7-9(5-6-11(8)15)14(18)10-3-2-4-12(16)13(10)17/h2-7,14,18H,1H3. The molecule has 18 heavy (non-hydrogen) atoms. The van der Waals surface area contributed by atoms with Crippen molar-refractivity contribution in [1.29, 1.82) is 0 Å². The van der Waals surface area contributed by atoms with Crippen molar-refractivity contribution >= 4 is 34.8 Å². The Hall–Kier alpha value is -0.730. The number of aliphatic hydroxyl groups excluding tert-OH is 1. The fourth-order valence-corrected chi connectivity index (χ4v) is 2.28. The number of aliphatic hydroxyl groups is 1. The molecule has 0 spiro atoms. The first-order chi connectivity index (χ1) is 8.50. The Morgan fingerprint density at radius 2 is 1.72 bits per heavy atom.